The summed E-state index contributed by atoms with van der Waals surface area (Å²) in [4.78, 5) is 30.9. The standard InChI is InChI=1S/C22H26N8O/c1-14-6-4-7-15-12-24-21(29-19(14)15)27-16-10-17-20(26-13-25-17)18(11-16)28-22(31)23-8-5-9-30(2)3/h4,6-7,10-13H,5,8-9H2,1-3H3,(H,25,26)(H2,23,28,31)(H,24,27,29). The van der Waals surface area contributed by atoms with Gasteiger partial charge in [0.2, 0.25) is 5.95 Å². The Morgan fingerprint density at radius 1 is 1.16 bits per heavy atom. The minimum Gasteiger partial charge on any atom is -0.344 e. The average Bonchev–Trinajstić information content (AvgIpc) is 3.21. The third kappa shape index (κ3) is 4.89. The molecule has 2 amide bonds. The van der Waals surface area contributed by atoms with Crippen molar-refractivity contribution < 1.29 is 4.79 Å². The number of carbonyl (C=O) groups is 1. The van der Waals surface area contributed by atoms with Crippen molar-refractivity contribution in [3.63, 3.8) is 0 Å². The summed E-state index contributed by atoms with van der Waals surface area (Å²) in [6.45, 7) is 3.53. The van der Waals surface area contributed by atoms with Gasteiger partial charge in [0.25, 0.3) is 0 Å². The molecule has 4 rings (SSSR count). The average molecular weight is 419 g/mol. The quantitative estimate of drug-likeness (QED) is 0.341. The van der Waals surface area contributed by atoms with E-state index in [1.54, 1.807) is 12.5 Å². The van der Waals surface area contributed by atoms with E-state index in [1.165, 1.54) is 0 Å². The monoisotopic (exact) mass is 418 g/mol. The number of anilines is 3. The van der Waals surface area contributed by atoms with Crippen molar-refractivity contribution in [1.82, 2.24) is 30.2 Å². The molecule has 4 aromatic rings. The Balaban J connectivity index is 1.53. The second-order valence-electron chi connectivity index (χ2n) is 7.69. The molecule has 0 unspecified atom stereocenters. The van der Waals surface area contributed by atoms with E-state index in [0.717, 1.165) is 40.6 Å². The van der Waals surface area contributed by atoms with Crippen LogP contribution >= 0.6 is 0 Å². The van der Waals surface area contributed by atoms with Crippen LogP contribution in [0.2, 0.25) is 0 Å². The zero-order valence-corrected chi connectivity index (χ0v) is 17.9. The van der Waals surface area contributed by atoms with Crippen LogP contribution < -0.4 is 16.0 Å². The van der Waals surface area contributed by atoms with Crippen LogP contribution in [-0.4, -0.2) is 58.1 Å². The lowest BCUT2D eigenvalue weighted by Gasteiger charge is -2.12. The molecule has 160 valence electrons. The van der Waals surface area contributed by atoms with Gasteiger partial charge in [0.05, 0.1) is 23.0 Å². The van der Waals surface area contributed by atoms with Gasteiger partial charge in [-0.1, -0.05) is 18.2 Å². The van der Waals surface area contributed by atoms with E-state index in [2.05, 4.69) is 40.8 Å². The lowest BCUT2D eigenvalue weighted by atomic mass is 10.1. The second-order valence-corrected chi connectivity index (χ2v) is 7.69. The molecule has 0 fully saturated rings. The summed E-state index contributed by atoms with van der Waals surface area (Å²) >= 11 is 0. The van der Waals surface area contributed by atoms with Crippen LogP contribution in [0.1, 0.15) is 12.0 Å². The third-order valence-corrected chi connectivity index (χ3v) is 4.91. The molecule has 9 heteroatoms. The number of fused-ring (bicyclic) bond motifs is 2. The van der Waals surface area contributed by atoms with Crippen LogP contribution in [0.4, 0.5) is 22.1 Å². The van der Waals surface area contributed by atoms with Gasteiger partial charge in [-0.05, 0) is 51.7 Å². The van der Waals surface area contributed by atoms with Crippen LogP contribution in [0.25, 0.3) is 21.9 Å². The predicted molar refractivity (Wildman–Crippen MR) is 124 cm³/mol. The summed E-state index contributed by atoms with van der Waals surface area (Å²) in [5.41, 5.74) is 4.81. The molecule has 0 spiro atoms. The Morgan fingerprint density at radius 3 is 2.87 bits per heavy atom. The molecule has 0 atom stereocenters. The van der Waals surface area contributed by atoms with Gasteiger partial charge in [-0.3, -0.25) is 0 Å². The van der Waals surface area contributed by atoms with Crippen molar-refractivity contribution in [1.29, 1.82) is 0 Å². The first-order valence-corrected chi connectivity index (χ1v) is 10.2. The Labute approximate surface area is 180 Å². The maximum Gasteiger partial charge on any atom is 0.319 e. The highest BCUT2D eigenvalue weighted by Crippen LogP contribution is 2.27. The number of aromatic nitrogens is 4. The van der Waals surface area contributed by atoms with Crippen LogP contribution in [-0.2, 0) is 0 Å². The molecule has 2 aromatic heterocycles. The number of rotatable bonds is 7. The number of para-hydroxylation sites is 1. The molecule has 0 aliphatic rings. The largest absolute Gasteiger partial charge is 0.344 e. The second kappa shape index (κ2) is 8.97. The molecule has 31 heavy (non-hydrogen) atoms. The summed E-state index contributed by atoms with van der Waals surface area (Å²) in [5, 5.41) is 10.0. The fourth-order valence-corrected chi connectivity index (χ4v) is 3.37. The molecule has 9 nitrogen and oxygen atoms in total. The molecule has 0 saturated carbocycles. The molecule has 0 radical (unpaired) electrons. The lowest BCUT2D eigenvalue weighted by molar-refractivity contribution is 0.251. The highest BCUT2D eigenvalue weighted by molar-refractivity contribution is 6.00. The topological polar surface area (TPSA) is 111 Å². The van der Waals surface area contributed by atoms with Gasteiger partial charge in [0.15, 0.2) is 0 Å². The molecule has 0 aliphatic carbocycles. The first kappa shape index (κ1) is 20.5. The van der Waals surface area contributed by atoms with E-state index in [9.17, 15) is 4.79 Å². The van der Waals surface area contributed by atoms with Crippen molar-refractivity contribution in [2.24, 2.45) is 0 Å². The lowest BCUT2D eigenvalue weighted by Crippen LogP contribution is -2.31. The number of aryl methyl sites for hydroxylation is 1. The molecule has 0 saturated heterocycles. The Hall–Kier alpha value is -3.72. The molecule has 0 aliphatic heterocycles. The van der Waals surface area contributed by atoms with E-state index in [-0.39, 0.29) is 6.03 Å². The van der Waals surface area contributed by atoms with Crippen LogP contribution in [0.3, 0.4) is 0 Å². The number of hydrogen-bond donors (Lipinski definition) is 4. The number of imidazole rings is 1. The molecule has 2 aromatic carbocycles. The predicted octanol–water partition coefficient (Wildman–Crippen LogP) is 3.63. The summed E-state index contributed by atoms with van der Waals surface area (Å²) in [7, 11) is 4.01. The molecule has 4 N–H and O–H groups in total. The summed E-state index contributed by atoms with van der Waals surface area (Å²) < 4.78 is 0. The minimum atomic E-state index is -0.266. The van der Waals surface area contributed by atoms with Gasteiger partial charge < -0.3 is 25.8 Å². The van der Waals surface area contributed by atoms with E-state index in [4.69, 9.17) is 0 Å². The molecular formula is C22H26N8O. The summed E-state index contributed by atoms with van der Waals surface area (Å²) in [6.07, 6.45) is 4.27. The number of carbonyl (C=O) groups excluding carboxylic acids is 1. The summed E-state index contributed by atoms with van der Waals surface area (Å²) in [5.74, 6) is 0.486. The maximum absolute atomic E-state index is 12.4. The number of nitrogens with one attached hydrogen (secondary N) is 4. The Kier molecular flexibility index (Phi) is 5.94. The molecular weight excluding hydrogens is 392 g/mol. The Bertz CT molecular complexity index is 1220. The highest BCUT2D eigenvalue weighted by atomic mass is 16.2. The first-order valence-electron chi connectivity index (χ1n) is 10.2. The number of nitrogens with zero attached hydrogens (tertiary/aromatic N) is 4. The minimum absolute atomic E-state index is 0.266. The molecule has 2 heterocycles. The van der Waals surface area contributed by atoms with E-state index in [0.29, 0.717) is 23.7 Å². The normalized spacial score (nSPS) is 11.2. The number of urea groups is 1. The van der Waals surface area contributed by atoms with Gasteiger partial charge in [0.1, 0.15) is 5.52 Å². The number of aromatic amines is 1. The Morgan fingerprint density at radius 2 is 2.03 bits per heavy atom. The van der Waals surface area contributed by atoms with Gasteiger partial charge in [-0.2, -0.15) is 0 Å². The number of H-pyrrole nitrogens is 1. The van der Waals surface area contributed by atoms with Crippen LogP contribution in [0.15, 0.2) is 42.9 Å². The number of hydrogen-bond acceptors (Lipinski definition) is 6. The van der Waals surface area contributed by atoms with Crippen molar-refractivity contribution in [3.8, 4) is 0 Å². The van der Waals surface area contributed by atoms with Gasteiger partial charge in [-0.25, -0.2) is 19.7 Å². The van der Waals surface area contributed by atoms with E-state index < -0.39 is 0 Å². The SMILES string of the molecule is Cc1cccc2cnc(Nc3cc(NC(=O)NCCCN(C)C)c4nc[nH]c4c3)nc12. The first-order chi connectivity index (χ1) is 15.0. The summed E-state index contributed by atoms with van der Waals surface area (Å²) in [6, 6.07) is 9.47. The zero-order valence-electron chi connectivity index (χ0n) is 17.9. The third-order valence-electron chi connectivity index (χ3n) is 4.91. The van der Waals surface area contributed by atoms with E-state index in [1.807, 2.05) is 51.4 Å². The van der Waals surface area contributed by atoms with Gasteiger partial charge >= 0.3 is 6.03 Å². The van der Waals surface area contributed by atoms with Crippen LogP contribution in [0, 0.1) is 6.92 Å². The fraction of sp³-hybridized carbons (Fsp3) is 0.273. The molecule has 0 bridgehead atoms. The maximum atomic E-state index is 12.4. The number of benzene rings is 2. The van der Waals surface area contributed by atoms with Crippen molar-refractivity contribution >= 4 is 45.3 Å². The number of amides is 2. The fourth-order valence-electron chi connectivity index (χ4n) is 3.37. The zero-order chi connectivity index (χ0) is 21.8. The van der Waals surface area contributed by atoms with Crippen molar-refractivity contribution in [2.45, 2.75) is 13.3 Å². The van der Waals surface area contributed by atoms with Gasteiger partial charge in [-0.15, -0.1) is 0 Å². The smallest absolute Gasteiger partial charge is 0.319 e. The van der Waals surface area contributed by atoms with Crippen LogP contribution in [0.5, 0.6) is 0 Å². The van der Waals surface area contributed by atoms with E-state index >= 15 is 0 Å². The highest BCUT2D eigenvalue weighted by Gasteiger charge is 2.11. The van der Waals surface area contributed by atoms with Gasteiger partial charge in [0, 0.05) is 23.8 Å². The van der Waals surface area contributed by atoms with Crippen molar-refractivity contribution in [3.05, 3.63) is 48.4 Å². The van der Waals surface area contributed by atoms with Crippen molar-refractivity contribution in [2.75, 3.05) is 37.8 Å².